The van der Waals surface area contributed by atoms with Crippen molar-refractivity contribution in [2.45, 2.75) is 0 Å². The highest BCUT2D eigenvalue weighted by molar-refractivity contribution is 7.27. The van der Waals surface area contributed by atoms with E-state index in [1.165, 1.54) is 4.70 Å². The van der Waals surface area contributed by atoms with Crippen LogP contribution in [0.5, 0.6) is 0 Å². The Morgan fingerprint density at radius 1 is 0.215 bits per heavy atom. The molecule has 9 heterocycles. The van der Waals surface area contributed by atoms with E-state index in [1.807, 2.05) is 36.4 Å². The maximum atomic E-state index is 5.57. The van der Waals surface area contributed by atoms with Gasteiger partial charge in [-0.2, -0.15) is 9.97 Å². The molecule has 14 heteroatoms. The summed E-state index contributed by atoms with van der Waals surface area (Å²) in [5, 5.41) is 8.82. The molecule has 10 nitrogen and oxygen atoms in total. The molecule has 498 valence electrons. The summed E-state index contributed by atoms with van der Waals surface area (Å²) in [7, 11) is 0. The minimum atomic E-state index is 0.526. The van der Waals surface area contributed by atoms with E-state index in [0.717, 1.165) is 182 Å². The number of para-hydroxylation sites is 1. The van der Waals surface area contributed by atoms with Gasteiger partial charge in [0.05, 0.1) is 54.2 Å². The third-order valence-corrected chi connectivity index (χ3v) is 24.9. The lowest BCUT2D eigenvalue weighted by molar-refractivity contribution is 0.954. The second-order valence-corrected chi connectivity index (χ2v) is 31.0. The van der Waals surface area contributed by atoms with Crippen molar-refractivity contribution in [1.29, 1.82) is 0 Å². The number of rotatable bonds is 11. The van der Waals surface area contributed by atoms with Gasteiger partial charge < -0.3 is 0 Å². The molecule has 9 aromatic heterocycles. The maximum absolute atomic E-state index is 5.57. The molecule has 0 spiro atoms. The first-order valence-corrected chi connectivity index (χ1v) is 38.6. The number of hydrogen-bond acceptors (Lipinski definition) is 13. The van der Waals surface area contributed by atoms with Gasteiger partial charge in [0, 0.05) is 121 Å². The zero-order valence-electron chi connectivity index (χ0n) is 56.6. The van der Waals surface area contributed by atoms with Gasteiger partial charge in [0.1, 0.15) is 0 Å². The fourth-order valence-electron chi connectivity index (χ4n) is 15.3. The number of nitrogens with zero attached hydrogens (tertiary/aromatic N) is 10. The average Bonchev–Trinajstić information content (AvgIpc) is 1.61. The third kappa shape index (κ3) is 10.3. The minimum Gasteiger partial charge on any atom is -0.278 e. The van der Waals surface area contributed by atoms with Crippen LogP contribution in [-0.2, 0) is 0 Å². The molecule has 0 aliphatic rings. The number of thiophene rings is 4. The van der Waals surface area contributed by atoms with Crippen LogP contribution >= 0.6 is 45.3 Å². The number of fused-ring (bicyclic) bond motifs is 15. The Labute approximate surface area is 627 Å². The fraction of sp³-hybridized carbons (Fsp3) is 0. The van der Waals surface area contributed by atoms with Crippen LogP contribution in [0.2, 0.25) is 0 Å². The first-order valence-electron chi connectivity index (χ1n) is 35.3. The summed E-state index contributed by atoms with van der Waals surface area (Å²) in [6.45, 7) is 0. The Hall–Kier alpha value is -13.2. The van der Waals surface area contributed by atoms with Gasteiger partial charge in [-0.25, -0.2) is 34.9 Å². The van der Waals surface area contributed by atoms with Crippen molar-refractivity contribution < 1.29 is 0 Å². The molecule has 0 saturated heterocycles. The summed E-state index contributed by atoms with van der Waals surface area (Å²) < 4.78 is 11.2. The van der Waals surface area contributed by atoms with Crippen molar-refractivity contribution in [2.75, 3.05) is 0 Å². The molecule has 0 bridgehead atoms. The van der Waals surface area contributed by atoms with Crippen molar-refractivity contribution in [3.63, 3.8) is 0 Å². The molecule has 0 saturated carbocycles. The zero-order valence-corrected chi connectivity index (χ0v) is 59.9. The van der Waals surface area contributed by atoms with Crippen LogP contribution in [-0.4, -0.2) is 49.4 Å². The highest BCUT2D eigenvalue weighted by atomic mass is 32.1. The summed E-state index contributed by atoms with van der Waals surface area (Å²) in [5.41, 5.74) is 18.5. The van der Waals surface area contributed by atoms with Crippen LogP contribution in [0.15, 0.2) is 315 Å². The van der Waals surface area contributed by atoms with E-state index in [1.54, 1.807) is 45.3 Å². The smallest absolute Gasteiger partial charge is 0.238 e. The molecule has 0 N–H and O–H groups in total. The number of aromatic nitrogens is 10. The quantitative estimate of drug-likeness (QED) is 0.125. The van der Waals surface area contributed by atoms with Crippen LogP contribution in [0.25, 0.3) is 222 Å². The largest absolute Gasteiger partial charge is 0.278 e. The minimum absolute atomic E-state index is 0.526. The van der Waals surface area contributed by atoms with E-state index >= 15 is 0 Å². The van der Waals surface area contributed by atoms with Gasteiger partial charge in [-0.3, -0.25) is 4.57 Å². The van der Waals surface area contributed by atoms with E-state index in [0.29, 0.717) is 35.1 Å². The predicted molar refractivity (Wildman–Crippen MR) is 447 cm³/mol. The summed E-state index contributed by atoms with van der Waals surface area (Å²) in [5.74, 6) is 3.73. The van der Waals surface area contributed by atoms with Gasteiger partial charge >= 0.3 is 0 Å². The molecule has 22 aromatic rings. The molecular formula is C93H52N10S4. The molecule has 107 heavy (non-hydrogen) atoms. The Balaban J connectivity index is 0.650. The van der Waals surface area contributed by atoms with E-state index in [9.17, 15) is 0 Å². The molecule has 0 unspecified atom stereocenters. The van der Waals surface area contributed by atoms with Crippen LogP contribution < -0.4 is 0 Å². The first-order chi connectivity index (χ1) is 53.0. The summed E-state index contributed by atoms with van der Waals surface area (Å²) >= 11 is 7.01. The normalized spacial score (nSPS) is 11.9. The predicted octanol–water partition coefficient (Wildman–Crippen LogP) is 25.5. The summed E-state index contributed by atoms with van der Waals surface area (Å²) in [6.07, 6.45) is 0. The van der Waals surface area contributed by atoms with Crippen LogP contribution in [0.4, 0.5) is 0 Å². The van der Waals surface area contributed by atoms with Gasteiger partial charge in [0.2, 0.25) is 5.95 Å². The number of benzene rings is 13. The highest BCUT2D eigenvalue weighted by Crippen LogP contribution is 2.48. The molecule has 0 atom stereocenters. The lowest BCUT2D eigenvalue weighted by Gasteiger charge is -2.12. The molecule has 0 amide bonds. The van der Waals surface area contributed by atoms with Gasteiger partial charge in [-0.1, -0.05) is 249 Å². The lowest BCUT2D eigenvalue weighted by atomic mass is 10.0. The van der Waals surface area contributed by atoms with E-state index in [2.05, 4.69) is 284 Å². The van der Waals surface area contributed by atoms with E-state index in [-0.39, 0.29) is 0 Å². The van der Waals surface area contributed by atoms with Crippen LogP contribution in [0, 0.1) is 0 Å². The summed E-state index contributed by atoms with van der Waals surface area (Å²) in [4.78, 5) is 48.5. The SMILES string of the molecule is c1ccc(-c2cc(-c3ccccc3)nc(-c3cccc4sc5cc(-c6nc(-c7ccccc7)c7sc8ccc(-c9ccc%10c(c9)c9ccccc9n%10-c9nc(-c%10ccccc%10)nc(-c%10cccc%11sc%12cc(-c%13nc(-c%14ccccc%14)c%14sc%15ccccc%15c%14n%13)ccc%12c%10%11)n9)cc8c7n6)ccc5c34)n2)cc1. The molecule has 22 rings (SSSR count). The fourth-order valence-corrected chi connectivity index (χ4v) is 19.9. The Morgan fingerprint density at radius 2 is 0.645 bits per heavy atom. The van der Waals surface area contributed by atoms with Gasteiger partial charge in [0.25, 0.3) is 0 Å². The van der Waals surface area contributed by atoms with Crippen molar-refractivity contribution in [3.05, 3.63) is 315 Å². The van der Waals surface area contributed by atoms with Gasteiger partial charge in [0.15, 0.2) is 29.1 Å². The van der Waals surface area contributed by atoms with Gasteiger partial charge in [-0.15, -0.1) is 45.3 Å². The lowest BCUT2D eigenvalue weighted by Crippen LogP contribution is -2.06. The van der Waals surface area contributed by atoms with Crippen molar-refractivity contribution in [2.24, 2.45) is 0 Å². The topological polar surface area (TPSA) is 121 Å². The standard InChI is InChI=1S/C93H52N10S4/c1-6-22-53(23-7-1)70-52-71(54-24-8-2-9-25-54)95-91(94-70)66-34-20-38-76-80(66)63-44-41-61(51-78(63)104-76)90-97-83(56-28-12-4-13-29-56)87-85(99-90)69-49-59(43-47-75(69)107-87)58-42-46-73-68(48-58)62-32-16-18-36-72(62)103(73)93-101-88(57-30-14-5-15-31-57)100-92(102-93)67-35-21-39-77-81(67)64-45-40-60(50-79(64)105-77)89-96-82(55-26-10-3-11-27-55)86-84(98-89)65-33-17-19-37-74(65)106-86/h1-52H. The Kier molecular flexibility index (Phi) is 14.2. The van der Waals surface area contributed by atoms with Crippen LogP contribution in [0.1, 0.15) is 0 Å². The molecule has 0 aliphatic carbocycles. The maximum Gasteiger partial charge on any atom is 0.238 e. The monoisotopic (exact) mass is 1440 g/mol. The molecule has 0 fully saturated rings. The summed E-state index contributed by atoms with van der Waals surface area (Å²) in [6, 6.07) is 111. The van der Waals surface area contributed by atoms with Gasteiger partial charge in [-0.05, 0) is 77.9 Å². The highest BCUT2D eigenvalue weighted by Gasteiger charge is 2.25. The third-order valence-electron chi connectivity index (χ3n) is 20.3. The van der Waals surface area contributed by atoms with Crippen LogP contribution in [0.3, 0.4) is 0 Å². The second kappa shape index (κ2) is 24.7. The second-order valence-electron chi connectivity index (χ2n) is 26.7. The molecular weight excluding hydrogens is 1390 g/mol. The van der Waals surface area contributed by atoms with Crippen molar-refractivity contribution in [3.8, 4) is 119 Å². The molecule has 13 aromatic carbocycles. The average molecular weight is 1440 g/mol. The molecule has 0 radical (unpaired) electrons. The van der Waals surface area contributed by atoms with E-state index in [4.69, 9.17) is 44.9 Å². The number of hydrogen-bond donors (Lipinski definition) is 0. The first kappa shape index (κ1) is 61.3. The van der Waals surface area contributed by atoms with Crippen molar-refractivity contribution >= 4 is 148 Å². The molecule has 0 aliphatic heterocycles. The zero-order chi connectivity index (χ0) is 70.2. The Bertz CT molecular complexity index is 7320. The van der Waals surface area contributed by atoms with Crippen molar-refractivity contribution in [1.82, 2.24) is 49.4 Å². The Morgan fingerprint density at radius 3 is 1.22 bits per heavy atom. The van der Waals surface area contributed by atoms with E-state index < -0.39 is 0 Å².